The third kappa shape index (κ3) is 5.78. The molecule has 2 aromatic carbocycles. The van der Waals surface area contributed by atoms with Gasteiger partial charge in [0.15, 0.2) is 0 Å². The second-order valence-corrected chi connectivity index (χ2v) is 8.97. The van der Waals surface area contributed by atoms with Crippen LogP contribution < -0.4 is 25.7 Å². The zero-order valence-electron chi connectivity index (χ0n) is 21.7. The Labute approximate surface area is 215 Å². The summed E-state index contributed by atoms with van der Waals surface area (Å²) >= 11 is 0. The molecule has 2 aromatic heterocycles. The highest BCUT2D eigenvalue weighted by Crippen LogP contribution is 2.28. The number of amides is 1. The van der Waals surface area contributed by atoms with Crippen LogP contribution in [0.25, 0.3) is 33.5 Å². The van der Waals surface area contributed by atoms with Crippen LogP contribution in [-0.2, 0) is 17.9 Å². The molecule has 2 N–H and O–H groups in total. The number of nitrogens with zero attached hydrogens (tertiary/aromatic N) is 3. The van der Waals surface area contributed by atoms with Crippen LogP contribution in [0.4, 0.5) is 0 Å². The summed E-state index contributed by atoms with van der Waals surface area (Å²) in [5.41, 5.74) is 3.20. The predicted molar refractivity (Wildman–Crippen MR) is 144 cm³/mol. The summed E-state index contributed by atoms with van der Waals surface area (Å²) in [5, 5.41) is 6.36. The van der Waals surface area contributed by atoms with Crippen LogP contribution in [0.15, 0.2) is 59.5 Å². The summed E-state index contributed by atoms with van der Waals surface area (Å²) in [5.74, 6) is 1.40. The number of aromatic nitrogens is 3. The fourth-order valence-corrected chi connectivity index (χ4v) is 4.16. The van der Waals surface area contributed by atoms with Crippen molar-refractivity contribution < 1.29 is 14.3 Å². The molecule has 0 fully saturated rings. The fourth-order valence-electron chi connectivity index (χ4n) is 4.16. The van der Waals surface area contributed by atoms with Gasteiger partial charge in [-0.15, -0.1) is 0 Å². The molecule has 0 saturated carbocycles. The molecule has 4 rings (SSSR count). The minimum Gasteiger partial charge on any atom is -0.497 e. The monoisotopic (exact) mass is 501 g/mol. The van der Waals surface area contributed by atoms with E-state index in [2.05, 4.69) is 15.6 Å². The van der Waals surface area contributed by atoms with Crippen molar-refractivity contribution in [2.45, 2.75) is 33.0 Å². The smallest absolute Gasteiger partial charge is 0.262 e. The van der Waals surface area contributed by atoms with Crippen LogP contribution in [0.5, 0.6) is 11.5 Å². The van der Waals surface area contributed by atoms with Gasteiger partial charge in [-0.1, -0.05) is 12.1 Å². The van der Waals surface area contributed by atoms with E-state index in [1.807, 2.05) is 57.3 Å². The minimum absolute atomic E-state index is 0.0624. The standard InChI is InChI=1S/C28H31N5O4/c1-17(2)31-26(34)16-33-27(19-7-6-8-21(11-19)36-4)32-25-15-30-24(13-23(25)28(33)35)20-9-18(14-29-3)10-22(12-20)37-5/h6-13,15,17,29H,14,16H2,1-5H3,(H,31,34). The van der Waals surface area contributed by atoms with E-state index in [4.69, 9.17) is 14.5 Å². The van der Waals surface area contributed by atoms with E-state index in [1.165, 1.54) is 4.57 Å². The largest absolute Gasteiger partial charge is 0.497 e. The van der Waals surface area contributed by atoms with Crippen LogP contribution in [-0.4, -0.2) is 47.8 Å². The molecule has 0 aliphatic carbocycles. The lowest BCUT2D eigenvalue weighted by molar-refractivity contribution is -0.122. The Morgan fingerprint density at radius 1 is 1.03 bits per heavy atom. The third-order valence-electron chi connectivity index (χ3n) is 5.80. The van der Waals surface area contributed by atoms with Gasteiger partial charge < -0.3 is 20.1 Å². The van der Waals surface area contributed by atoms with Crippen LogP contribution in [0.3, 0.4) is 0 Å². The van der Waals surface area contributed by atoms with Crippen molar-refractivity contribution in [2.24, 2.45) is 0 Å². The molecule has 4 aromatic rings. The number of carbonyl (C=O) groups is 1. The van der Waals surface area contributed by atoms with Crippen molar-refractivity contribution in [3.63, 3.8) is 0 Å². The van der Waals surface area contributed by atoms with Crippen molar-refractivity contribution in [1.82, 2.24) is 25.2 Å². The van der Waals surface area contributed by atoms with Crippen molar-refractivity contribution in [1.29, 1.82) is 0 Å². The van der Waals surface area contributed by atoms with Crippen molar-refractivity contribution >= 4 is 16.8 Å². The quantitative estimate of drug-likeness (QED) is 0.362. The topological polar surface area (TPSA) is 107 Å². The van der Waals surface area contributed by atoms with Crippen LogP contribution in [0.1, 0.15) is 19.4 Å². The SMILES string of the molecule is CNCc1cc(OC)cc(-c2cc3c(=O)n(CC(=O)NC(C)C)c(-c4cccc(OC)c4)nc3cn2)c1. The van der Waals surface area contributed by atoms with Gasteiger partial charge in [-0.05, 0) is 62.9 Å². The molecule has 0 unspecified atom stereocenters. The maximum absolute atomic E-state index is 13.8. The van der Waals surface area contributed by atoms with Crippen LogP contribution >= 0.6 is 0 Å². The number of ether oxygens (including phenoxy) is 2. The molecule has 1 amide bonds. The lowest BCUT2D eigenvalue weighted by atomic mass is 10.1. The molecule has 37 heavy (non-hydrogen) atoms. The lowest BCUT2D eigenvalue weighted by Gasteiger charge is -2.16. The average Bonchev–Trinajstić information content (AvgIpc) is 2.89. The van der Waals surface area contributed by atoms with Gasteiger partial charge in [0.2, 0.25) is 5.91 Å². The first-order chi connectivity index (χ1) is 17.8. The Bertz CT molecular complexity index is 1500. The van der Waals surface area contributed by atoms with Gasteiger partial charge in [-0.25, -0.2) is 4.98 Å². The molecule has 9 nitrogen and oxygen atoms in total. The minimum atomic E-state index is -0.330. The number of benzene rings is 2. The Hall–Kier alpha value is -4.24. The molecule has 0 spiro atoms. The number of carbonyl (C=O) groups excluding carboxylic acids is 1. The molecule has 0 radical (unpaired) electrons. The Kier molecular flexibility index (Phi) is 7.83. The highest BCUT2D eigenvalue weighted by molar-refractivity contribution is 5.84. The van der Waals surface area contributed by atoms with Crippen molar-refractivity contribution in [3.05, 3.63) is 70.6 Å². The van der Waals surface area contributed by atoms with Gasteiger partial charge in [0.1, 0.15) is 23.9 Å². The van der Waals surface area contributed by atoms with Gasteiger partial charge in [-0.2, -0.15) is 0 Å². The Balaban J connectivity index is 1.90. The summed E-state index contributed by atoms with van der Waals surface area (Å²) in [4.78, 5) is 35.9. The van der Waals surface area contributed by atoms with E-state index in [9.17, 15) is 9.59 Å². The molecule has 0 saturated heterocycles. The van der Waals surface area contributed by atoms with Crippen LogP contribution in [0, 0.1) is 0 Å². The van der Waals surface area contributed by atoms with Crippen molar-refractivity contribution in [2.75, 3.05) is 21.3 Å². The predicted octanol–water partition coefficient (Wildman–Crippen LogP) is 3.39. The van der Waals surface area contributed by atoms with E-state index >= 15 is 0 Å². The van der Waals surface area contributed by atoms with Crippen molar-refractivity contribution in [3.8, 4) is 34.1 Å². The maximum atomic E-state index is 13.8. The number of methoxy groups -OCH3 is 2. The molecular formula is C28H31N5O4. The number of nitrogens with one attached hydrogen (secondary N) is 2. The molecule has 0 atom stereocenters. The van der Waals surface area contributed by atoms with Gasteiger partial charge >= 0.3 is 0 Å². The number of pyridine rings is 1. The molecule has 9 heteroatoms. The second-order valence-electron chi connectivity index (χ2n) is 8.97. The molecule has 0 aliphatic rings. The summed E-state index contributed by atoms with van der Waals surface area (Å²) < 4.78 is 12.2. The zero-order valence-corrected chi connectivity index (χ0v) is 21.7. The van der Waals surface area contributed by atoms with E-state index in [0.717, 1.165) is 11.1 Å². The summed E-state index contributed by atoms with van der Waals surface area (Å²) in [6.45, 7) is 4.23. The normalized spacial score (nSPS) is 11.1. The van der Waals surface area contributed by atoms with Gasteiger partial charge in [-0.3, -0.25) is 19.1 Å². The number of hydrogen-bond acceptors (Lipinski definition) is 7. The highest BCUT2D eigenvalue weighted by atomic mass is 16.5. The number of rotatable bonds is 9. The fraction of sp³-hybridized carbons (Fsp3) is 0.286. The molecule has 0 aliphatic heterocycles. The number of fused-ring (bicyclic) bond motifs is 1. The highest BCUT2D eigenvalue weighted by Gasteiger charge is 2.18. The summed E-state index contributed by atoms with van der Waals surface area (Å²) in [6, 6.07) is 14.7. The third-order valence-corrected chi connectivity index (χ3v) is 5.80. The molecule has 2 heterocycles. The summed E-state index contributed by atoms with van der Waals surface area (Å²) in [7, 11) is 5.06. The van der Waals surface area contributed by atoms with Gasteiger partial charge in [0.05, 0.1) is 37.0 Å². The maximum Gasteiger partial charge on any atom is 0.262 e. The first kappa shape index (κ1) is 25.8. The number of hydrogen-bond donors (Lipinski definition) is 2. The zero-order chi connectivity index (χ0) is 26.5. The van der Waals surface area contributed by atoms with E-state index in [0.29, 0.717) is 46.0 Å². The average molecular weight is 502 g/mol. The Morgan fingerprint density at radius 3 is 2.49 bits per heavy atom. The van der Waals surface area contributed by atoms with Crippen LogP contribution in [0.2, 0.25) is 0 Å². The summed E-state index contributed by atoms with van der Waals surface area (Å²) in [6.07, 6.45) is 1.59. The Morgan fingerprint density at radius 2 is 1.78 bits per heavy atom. The first-order valence-electron chi connectivity index (χ1n) is 12.0. The molecule has 192 valence electrons. The first-order valence-corrected chi connectivity index (χ1v) is 12.0. The lowest BCUT2D eigenvalue weighted by Crippen LogP contribution is -2.37. The van der Waals surface area contributed by atoms with E-state index < -0.39 is 0 Å². The van der Waals surface area contributed by atoms with E-state index in [1.54, 1.807) is 32.5 Å². The van der Waals surface area contributed by atoms with Gasteiger partial charge in [0.25, 0.3) is 5.56 Å². The second kappa shape index (κ2) is 11.2. The van der Waals surface area contributed by atoms with Gasteiger partial charge in [0, 0.05) is 23.7 Å². The molecular weight excluding hydrogens is 470 g/mol. The molecule has 0 bridgehead atoms. The van der Waals surface area contributed by atoms with E-state index in [-0.39, 0.29) is 24.1 Å².